The molecular weight excluding hydrogens is 551 g/mol. The first-order chi connectivity index (χ1) is 21.1. The van der Waals surface area contributed by atoms with Crippen molar-refractivity contribution in [3.8, 4) is 51.7 Å². The SMILES string of the molecule is [C-]#[N+]c1ccccc1-c1ccc2c(c1)nc(-c1ccccc1)c1cc(-c3c(C#N)cc(C#N)cc3C#N)c3nsnc3c12. The van der Waals surface area contributed by atoms with Crippen LogP contribution in [0.15, 0.2) is 91.0 Å². The van der Waals surface area contributed by atoms with Gasteiger partial charge >= 0.3 is 0 Å². The summed E-state index contributed by atoms with van der Waals surface area (Å²) in [5.74, 6) is 0. The van der Waals surface area contributed by atoms with Gasteiger partial charge in [-0.05, 0) is 35.4 Å². The minimum Gasteiger partial charge on any atom is -0.247 e. The zero-order valence-corrected chi connectivity index (χ0v) is 23.0. The van der Waals surface area contributed by atoms with Gasteiger partial charge in [-0.1, -0.05) is 66.7 Å². The Labute approximate surface area is 249 Å². The van der Waals surface area contributed by atoms with E-state index >= 15 is 0 Å². The Morgan fingerprint density at radius 2 is 1.40 bits per heavy atom. The van der Waals surface area contributed by atoms with Gasteiger partial charge in [-0.25, -0.2) is 9.83 Å². The van der Waals surface area contributed by atoms with E-state index in [-0.39, 0.29) is 16.7 Å². The van der Waals surface area contributed by atoms with Crippen molar-refractivity contribution in [1.82, 2.24) is 13.7 Å². The summed E-state index contributed by atoms with van der Waals surface area (Å²) in [6.45, 7) is 7.63. The van der Waals surface area contributed by atoms with E-state index < -0.39 is 0 Å². The summed E-state index contributed by atoms with van der Waals surface area (Å²) in [7, 11) is 0. The fraction of sp³-hybridized carbons (Fsp3) is 0. The molecule has 0 aliphatic rings. The van der Waals surface area contributed by atoms with Crippen molar-refractivity contribution in [2.24, 2.45) is 0 Å². The monoisotopic (exact) mass is 565 g/mol. The Bertz CT molecular complexity index is 2420. The number of fused-ring (bicyclic) bond motifs is 5. The molecule has 43 heavy (non-hydrogen) atoms. The van der Waals surface area contributed by atoms with Gasteiger partial charge in [-0.2, -0.15) is 24.5 Å². The molecule has 5 aromatic carbocycles. The first-order valence-electron chi connectivity index (χ1n) is 13.1. The van der Waals surface area contributed by atoms with E-state index in [4.69, 9.17) is 15.9 Å². The highest BCUT2D eigenvalue weighted by molar-refractivity contribution is 7.00. The third-order valence-electron chi connectivity index (χ3n) is 7.45. The lowest BCUT2D eigenvalue weighted by atomic mass is 9.89. The molecule has 0 saturated heterocycles. The molecule has 0 unspecified atom stereocenters. The molecular formula is C35H15N7S. The highest BCUT2D eigenvalue weighted by atomic mass is 32.1. The Hall–Kier alpha value is -6.45. The fourth-order valence-corrected chi connectivity index (χ4v) is 6.15. The number of rotatable bonds is 3. The predicted octanol–water partition coefficient (Wildman–Crippen LogP) is 8.56. The van der Waals surface area contributed by atoms with Crippen molar-refractivity contribution in [2.45, 2.75) is 0 Å². The summed E-state index contributed by atoms with van der Waals surface area (Å²) in [6, 6.07) is 34.6. The molecule has 0 aliphatic heterocycles. The van der Waals surface area contributed by atoms with Crippen molar-refractivity contribution in [3.63, 3.8) is 0 Å². The van der Waals surface area contributed by atoms with E-state index in [0.717, 1.165) is 50.1 Å². The van der Waals surface area contributed by atoms with Crippen LogP contribution in [0.4, 0.5) is 5.69 Å². The van der Waals surface area contributed by atoms with Crippen molar-refractivity contribution < 1.29 is 0 Å². The quantitative estimate of drug-likeness (QED) is 0.157. The number of nitrogens with zero attached hydrogens (tertiary/aromatic N) is 7. The van der Waals surface area contributed by atoms with Gasteiger partial charge in [0.15, 0.2) is 5.69 Å². The minimum absolute atomic E-state index is 0.211. The van der Waals surface area contributed by atoms with E-state index in [1.807, 2.05) is 78.9 Å². The van der Waals surface area contributed by atoms with Crippen LogP contribution in [0.1, 0.15) is 16.7 Å². The van der Waals surface area contributed by atoms with Crippen LogP contribution < -0.4 is 0 Å². The van der Waals surface area contributed by atoms with E-state index in [9.17, 15) is 15.8 Å². The van der Waals surface area contributed by atoms with Crippen LogP contribution in [0.3, 0.4) is 0 Å². The molecule has 7 rings (SSSR count). The third-order valence-corrected chi connectivity index (χ3v) is 7.98. The molecule has 0 bridgehead atoms. The van der Waals surface area contributed by atoms with Crippen LogP contribution in [-0.2, 0) is 0 Å². The maximum absolute atomic E-state index is 10.1. The van der Waals surface area contributed by atoms with Crippen molar-refractivity contribution >= 4 is 50.1 Å². The summed E-state index contributed by atoms with van der Waals surface area (Å²) in [6.07, 6.45) is 0. The molecule has 2 heterocycles. The molecule has 196 valence electrons. The first-order valence-corrected chi connectivity index (χ1v) is 13.8. The number of para-hydroxylation sites is 1. The molecule has 0 spiro atoms. The van der Waals surface area contributed by atoms with Crippen molar-refractivity contribution in [2.75, 3.05) is 0 Å². The van der Waals surface area contributed by atoms with Gasteiger partial charge in [0.1, 0.15) is 11.0 Å². The topological polar surface area (TPSA) is 114 Å². The molecule has 0 N–H and O–H groups in total. The van der Waals surface area contributed by atoms with Gasteiger partial charge in [-0.3, -0.25) is 0 Å². The average molecular weight is 566 g/mol. The zero-order valence-electron chi connectivity index (χ0n) is 22.2. The number of benzene rings is 5. The average Bonchev–Trinajstić information content (AvgIpc) is 3.57. The Kier molecular flexibility index (Phi) is 6.04. The molecule has 7 nitrogen and oxygen atoms in total. The van der Waals surface area contributed by atoms with Gasteiger partial charge in [0.2, 0.25) is 0 Å². The van der Waals surface area contributed by atoms with Gasteiger partial charge in [-0.15, -0.1) is 0 Å². The largest absolute Gasteiger partial charge is 0.247 e. The molecule has 7 aromatic rings. The molecule has 0 fully saturated rings. The van der Waals surface area contributed by atoms with Crippen LogP contribution in [0.5, 0.6) is 0 Å². The lowest BCUT2D eigenvalue weighted by Crippen LogP contribution is -1.96. The van der Waals surface area contributed by atoms with Crippen LogP contribution in [-0.4, -0.2) is 13.7 Å². The molecule has 0 amide bonds. The second-order valence-corrected chi connectivity index (χ2v) is 10.3. The fourth-order valence-electron chi connectivity index (χ4n) is 5.58. The summed E-state index contributed by atoms with van der Waals surface area (Å²) in [5, 5.41) is 32.1. The molecule has 8 heteroatoms. The number of hydrogen-bond donors (Lipinski definition) is 0. The van der Waals surface area contributed by atoms with Crippen molar-refractivity contribution in [1.29, 1.82) is 15.8 Å². The zero-order chi connectivity index (χ0) is 29.5. The summed E-state index contributed by atoms with van der Waals surface area (Å²) in [4.78, 5) is 8.86. The third kappa shape index (κ3) is 4.04. The van der Waals surface area contributed by atoms with Gasteiger partial charge in [0.25, 0.3) is 0 Å². The predicted molar refractivity (Wildman–Crippen MR) is 167 cm³/mol. The van der Waals surface area contributed by atoms with Gasteiger partial charge < -0.3 is 0 Å². The number of hydrogen-bond acceptors (Lipinski definition) is 7. The second-order valence-electron chi connectivity index (χ2n) is 9.78. The summed E-state index contributed by atoms with van der Waals surface area (Å²) in [5.41, 5.74) is 7.43. The van der Waals surface area contributed by atoms with Crippen LogP contribution in [0.2, 0.25) is 0 Å². The maximum atomic E-state index is 10.1. The summed E-state index contributed by atoms with van der Waals surface area (Å²) < 4.78 is 9.34. The Balaban J connectivity index is 1.63. The van der Waals surface area contributed by atoms with Crippen LogP contribution >= 0.6 is 11.7 Å². The van der Waals surface area contributed by atoms with Crippen LogP contribution in [0, 0.1) is 40.6 Å². The van der Waals surface area contributed by atoms with E-state index in [1.165, 1.54) is 12.1 Å². The molecule has 0 atom stereocenters. The summed E-state index contributed by atoms with van der Waals surface area (Å²) >= 11 is 1.05. The molecule has 0 aliphatic carbocycles. The van der Waals surface area contributed by atoms with E-state index in [0.29, 0.717) is 33.5 Å². The van der Waals surface area contributed by atoms with Crippen LogP contribution in [0.25, 0.3) is 71.1 Å². The van der Waals surface area contributed by atoms with Gasteiger partial charge in [0.05, 0.1) is 64.4 Å². The molecule has 0 saturated carbocycles. The number of nitriles is 3. The normalized spacial score (nSPS) is 10.7. The highest BCUT2D eigenvalue weighted by Crippen LogP contribution is 2.43. The lowest BCUT2D eigenvalue weighted by molar-refractivity contribution is 1.41. The number of aromatic nitrogens is 3. The molecule has 2 aromatic heterocycles. The Morgan fingerprint density at radius 1 is 0.674 bits per heavy atom. The minimum atomic E-state index is 0.211. The highest BCUT2D eigenvalue weighted by Gasteiger charge is 2.23. The Morgan fingerprint density at radius 3 is 2.12 bits per heavy atom. The standard InChI is InChI=1S/C35H15N7S/c1-39-29-10-6-5-9-25(29)22-11-12-26-30(15-22)40-33(21-7-3-2-4-8-21)28-16-27(34-35(32(26)28)42-43-41-34)31-23(18-37)13-20(17-36)14-24(31)19-38/h2-16H. The van der Waals surface area contributed by atoms with Gasteiger partial charge in [0, 0.05) is 32.8 Å². The maximum Gasteiger partial charge on any atom is 0.194 e. The second kappa shape index (κ2) is 10.2. The van der Waals surface area contributed by atoms with E-state index in [2.05, 4.69) is 21.4 Å². The van der Waals surface area contributed by atoms with Crippen molar-refractivity contribution in [3.05, 3.63) is 119 Å². The number of pyridine rings is 1. The lowest BCUT2D eigenvalue weighted by Gasteiger charge is -2.15. The smallest absolute Gasteiger partial charge is 0.194 e. The first kappa shape index (κ1) is 25.5. The van der Waals surface area contributed by atoms with E-state index in [1.54, 1.807) is 6.07 Å². The molecule has 0 radical (unpaired) electrons.